The molecule has 0 unspecified atom stereocenters. The summed E-state index contributed by atoms with van der Waals surface area (Å²) in [6, 6.07) is 0. The highest BCUT2D eigenvalue weighted by molar-refractivity contribution is 7.11. The second-order valence-electron chi connectivity index (χ2n) is 4.26. The molecule has 3 aromatic rings. The van der Waals surface area contributed by atoms with Crippen LogP contribution in [0.3, 0.4) is 0 Å². The van der Waals surface area contributed by atoms with Crippen LogP contribution in [0.25, 0.3) is 11.8 Å². The Bertz CT molecular complexity index is 915. The standard InChI is InChI=1S/C13H12N6O2S/c1-3-9-6-14-7-11(19-13(20)18(2)16-17-19)10(9)8-21-12-15-4-5-22-12/h3-7H,1,8H2,2H3/i4T. The predicted octanol–water partition coefficient (Wildman–Crippen LogP) is 1.04. The summed E-state index contributed by atoms with van der Waals surface area (Å²) in [7, 11) is 1.51. The molecule has 0 N–H and O–H groups in total. The minimum Gasteiger partial charge on any atom is -0.465 e. The van der Waals surface area contributed by atoms with Gasteiger partial charge in [-0.15, -0.1) is 0 Å². The van der Waals surface area contributed by atoms with Gasteiger partial charge in [-0.3, -0.25) is 4.98 Å². The largest absolute Gasteiger partial charge is 0.465 e. The maximum Gasteiger partial charge on any atom is 0.368 e. The van der Waals surface area contributed by atoms with Gasteiger partial charge in [0.15, 0.2) is 0 Å². The summed E-state index contributed by atoms with van der Waals surface area (Å²) in [6.07, 6.45) is 4.90. The topological polar surface area (TPSA) is 87.7 Å². The lowest BCUT2D eigenvalue weighted by Crippen LogP contribution is -2.23. The number of ether oxygens (including phenoxy) is 1. The molecule has 0 saturated heterocycles. The third kappa shape index (κ3) is 2.53. The van der Waals surface area contributed by atoms with Crippen molar-refractivity contribution in [3.05, 3.63) is 52.1 Å². The highest BCUT2D eigenvalue weighted by atomic mass is 32.1. The van der Waals surface area contributed by atoms with E-state index >= 15 is 0 Å². The van der Waals surface area contributed by atoms with Gasteiger partial charge in [-0.1, -0.05) is 24.0 Å². The Morgan fingerprint density at radius 1 is 1.50 bits per heavy atom. The van der Waals surface area contributed by atoms with Crippen LogP contribution in [0, 0.1) is 0 Å². The Kier molecular flexibility index (Phi) is 3.46. The van der Waals surface area contributed by atoms with Crippen LogP contribution in [0.15, 0.2) is 35.3 Å². The lowest BCUT2D eigenvalue weighted by Gasteiger charge is -2.11. The minimum atomic E-state index is -0.392. The molecule has 22 heavy (non-hydrogen) atoms. The average Bonchev–Trinajstić information content (AvgIpc) is 3.11. The van der Waals surface area contributed by atoms with E-state index in [2.05, 4.69) is 27.0 Å². The number of rotatable bonds is 5. The number of nitrogens with zero attached hydrogens (tertiary/aromatic N) is 6. The van der Waals surface area contributed by atoms with Crippen LogP contribution in [-0.4, -0.2) is 29.8 Å². The van der Waals surface area contributed by atoms with Gasteiger partial charge in [0.2, 0.25) is 0 Å². The summed E-state index contributed by atoms with van der Waals surface area (Å²) in [6.45, 7) is 3.88. The highest BCUT2D eigenvalue weighted by Crippen LogP contribution is 2.21. The number of hydrogen-bond donors (Lipinski definition) is 0. The number of aromatic nitrogens is 6. The van der Waals surface area contributed by atoms with Crippen LogP contribution < -0.4 is 10.4 Å². The molecule has 3 heterocycles. The van der Waals surface area contributed by atoms with Crippen molar-refractivity contribution >= 4 is 17.4 Å². The Hall–Kier alpha value is -2.81. The molecular formula is C13H12N6O2S. The lowest BCUT2D eigenvalue weighted by atomic mass is 10.1. The minimum absolute atomic E-state index is 0.134. The SMILES string of the molecule is [3H]c1csc(OCc2c(C=C)cncc2-n2nnn(C)c2=O)n1. The van der Waals surface area contributed by atoms with E-state index in [1.807, 2.05) is 0 Å². The first-order chi connectivity index (χ1) is 11.1. The summed E-state index contributed by atoms with van der Waals surface area (Å²) >= 11 is 1.23. The van der Waals surface area contributed by atoms with E-state index < -0.39 is 5.69 Å². The van der Waals surface area contributed by atoms with Crippen molar-refractivity contribution in [2.24, 2.45) is 7.05 Å². The summed E-state index contributed by atoms with van der Waals surface area (Å²) < 4.78 is 15.3. The van der Waals surface area contributed by atoms with Crippen molar-refractivity contribution in [1.29, 1.82) is 0 Å². The molecular weight excluding hydrogens is 304 g/mol. The van der Waals surface area contributed by atoms with Gasteiger partial charge in [-0.2, -0.15) is 9.36 Å². The monoisotopic (exact) mass is 318 g/mol. The van der Waals surface area contributed by atoms with Gasteiger partial charge in [0.05, 0.1) is 13.3 Å². The van der Waals surface area contributed by atoms with Gasteiger partial charge in [0.1, 0.15) is 6.61 Å². The zero-order valence-corrected chi connectivity index (χ0v) is 12.4. The third-order valence-electron chi connectivity index (χ3n) is 2.95. The molecule has 9 heteroatoms. The van der Waals surface area contributed by atoms with Crippen molar-refractivity contribution < 1.29 is 6.11 Å². The smallest absolute Gasteiger partial charge is 0.368 e. The van der Waals surface area contributed by atoms with Gasteiger partial charge >= 0.3 is 5.69 Å². The van der Waals surface area contributed by atoms with Gasteiger partial charge in [-0.05, 0) is 10.4 Å². The van der Waals surface area contributed by atoms with Gasteiger partial charge < -0.3 is 4.74 Å². The zero-order valence-electron chi connectivity index (χ0n) is 12.6. The van der Waals surface area contributed by atoms with E-state index in [1.54, 1.807) is 17.7 Å². The molecule has 0 aliphatic heterocycles. The van der Waals surface area contributed by atoms with Crippen LogP contribution in [0.5, 0.6) is 5.19 Å². The molecule has 8 nitrogen and oxygen atoms in total. The average molecular weight is 318 g/mol. The molecule has 0 atom stereocenters. The lowest BCUT2D eigenvalue weighted by molar-refractivity contribution is 0.303. The predicted molar refractivity (Wildman–Crippen MR) is 80.9 cm³/mol. The van der Waals surface area contributed by atoms with Crippen LogP contribution in [0.4, 0.5) is 0 Å². The van der Waals surface area contributed by atoms with E-state index in [0.717, 1.165) is 9.36 Å². The van der Waals surface area contributed by atoms with Gasteiger partial charge in [0, 0.05) is 35.9 Å². The molecule has 0 radical (unpaired) electrons. The molecule has 0 spiro atoms. The third-order valence-corrected chi connectivity index (χ3v) is 3.58. The Balaban J connectivity index is 2.01. The summed E-state index contributed by atoms with van der Waals surface area (Å²) in [5, 5.41) is 9.47. The normalized spacial score (nSPS) is 11.2. The molecule has 0 aliphatic rings. The van der Waals surface area contributed by atoms with Crippen LogP contribution in [-0.2, 0) is 13.7 Å². The number of pyridine rings is 1. The van der Waals surface area contributed by atoms with Crippen LogP contribution >= 0.6 is 11.3 Å². The molecule has 0 aliphatic carbocycles. The molecule has 112 valence electrons. The Labute approximate surface area is 130 Å². The summed E-state index contributed by atoms with van der Waals surface area (Å²) in [5.74, 6) is 0. The fourth-order valence-corrected chi connectivity index (χ4v) is 2.29. The maximum atomic E-state index is 12.1. The van der Waals surface area contributed by atoms with E-state index in [4.69, 9.17) is 6.11 Å². The Morgan fingerprint density at radius 2 is 2.36 bits per heavy atom. The van der Waals surface area contributed by atoms with Gasteiger partial charge in [0.25, 0.3) is 5.19 Å². The van der Waals surface area contributed by atoms with Crippen LogP contribution in [0.1, 0.15) is 12.5 Å². The van der Waals surface area contributed by atoms with Crippen molar-refractivity contribution in [3.8, 4) is 10.9 Å². The first-order valence-electron chi connectivity index (χ1n) is 6.73. The van der Waals surface area contributed by atoms with Crippen molar-refractivity contribution in [2.75, 3.05) is 0 Å². The maximum absolute atomic E-state index is 12.1. The molecule has 0 aromatic carbocycles. The van der Waals surface area contributed by atoms with E-state index in [-0.39, 0.29) is 12.8 Å². The first-order valence-corrected chi connectivity index (χ1v) is 7.11. The fourth-order valence-electron chi connectivity index (χ4n) is 1.85. The van der Waals surface area contributed by atoms with Crippen molar-refractivity contribution in [1.82, 2.24) is 29.8 Å². The molecule has 3 aromatic heterocycles. The number of tetrazole rings is 1. The second kappa shape index (κ2) is 5.90. The van der Waals surface area contributed by atoms with Gasteiger partial charge in [-0.25, -0.2) is 9.78 Å². The molecule has 0 saturated carbocycles. The summed E-state index contributed by atoms with van der Waals surface area (Å²) in [5.41, 5.74) is 1.46. The van der Waals surface area contributed by atoms with Crippen molar-refractivity contribution in [2.45, 2.75) is 6.61 Å². The van der Waals surface area contributed by atoms with E-state index in [1.165, 1.54) is 24.6 Å². The number of hydrogen-bond acceptors (Lipinski definition) is 7. The molecule has 0 fully saturated rings. The molecule has 0 bridgehead atoms. The Morgan fingerprint density at radius 3 is 3.00 bits per heavy atom. The quantitative estimate of drug-likeness (QED) is 0.698. The fraction of sp³-hybridized carbons (Fsp3) is 0.154. The number of thiazole rings is 1. The van der Waals surface area contributed by atoms with Crippen molar-refractivity contribution in [3.63, 3.8) is 0 Å². The summed E-state index contributed by atoms with van der Waals surface area (Å²) in [4.78, 5) is 20.1. The van der Waals surface area contributed by atoms with E-state index in [9.17, 15) is 4.79 Å². The number of aryl methyl sites for hydroxylation is 1. The molecule has 3 rings (SSSR count). The van der Waals surface area contributed by atoms with Crippen LogP contribution in [0.2, 0.25) is 0 Å². The first kappa shape index (κ1) is 12.9. The second-order valence-corrected chi connectivity index (χ2v) is 5.08. The highest BCUT2D eigenvalue weighted by Gasteiger charge is 2.15. The van der Waals surface area contributed by atoms with E-state index in [0.29, 0.717) is 22.0 Å². The zero-order chi connectivity index (χ0) is 16.4. The molecule has 0 amide bonds.